The lowest BCUT2D eigenvalue weighted by Crippen LogP contribution is -2.53. The van der Waals surface area contributed by atoms with E-state index in [-0.39, 0.29) is 42.8 Å². The second kappa shape index (κ2) is 10.7. The summed E-state index contributed by atoms with van der Waals surface area (Å²) < 4.78 is 0. The molecule has 1 aromatic carbocycles. The molecule has 9 nitrogen and oxygen atoms in total. The third-order valence-corrected chi connectivity index (χ3v) is 6.61. The van der Waals surface area contributed by atoms with Crippen molar-refractivity contribution >= 4 is 23.4 Å². The van der Waals surface area contributed by atoms with Gasteiger partial charge in [-0.05, 0) is 57.1 Å². The summed E-state index contributed by atoms with van der Waals surface area (Å²) in [7, 11) is 7.53. The van der Waals surface area contributed by atoms with Crippen LogP contribution in [-0.2, 0) is 9.59 Å². The maximum absolute atomic E-state index is 13.6. The highest BCUT2D eigenvalue weighted by Crippen LogP contribution is 2.33. The van der Waals surface area contributed by atoms with Gasteiger partial charge in [0.05, 0.1) is 24.7 Å². The monoisotopic (exact) mass is 473 g/mol. The largest absolute Gasteiger partial charge is 0.389 e. The standard InChI is InChI=1S/C25H39N5O4/c1-16(2)13-19(26-24(33)17-7-9-18(10-8-17)28(5)6)25(34)29-12-11-20-23(29)21(31)14-30(20)22(32)15-27(3)4/h7-10,16,19-21,23,31H,11-15H2,1-6H3,(H,26,33)/t19-,20+,21?,23-/m0/s1. The van der Waals surface area contributed by atoms with Crippen LogP contribution in [0.5, 0.6) is 0 Å². The number of carbonyl (C=O) groups is 3. The Bertz CT molecular complexity index is 886. The van der Waals surface area contributed by atoms with Gasteiger partial charge in [0.1, 0.15) is 6.04 Å². The minimum atomic E-state index is -0.795. The van der Waals surface area contributed by atoms with Gasteiger partial charge in [-0.2, -0.15) is 0 Å². The van der Waals surface area contributed by atoms with Crippen LogP contribution in [0.3, 0.4) is 0 Å². The average Bonchev–Trinajstić information content (AvgIpc) is 3.33. The van der Waals surface area contributed by atoms with Crippen LogP contribution in [-0.4, -0.2) is 110 Å². The fourth-order valence-electron chi connectivity index (χ4n) is 5.00. The molecule has 2 fully saturated rings. The number of likely N-dealkylation sites (N-methyl/N-ethyl adjacent to an activating group) is 1. The van der Waals surface area contributed by atoms with Gasteiger partial charge in [-0.3, -0.25) is 14.4 Å². The number of fused-ring (bicyclic) bond motifs is 1. The maximum atomic E-state index is 13.6. The van der Waals surface area contributed by atoms with Crippen LogP contribution >= 0.6 is 0 Å². The average molecular weight is 474 g/mol. The fraction of sp³-hybridized carbons (Fsp3) is 0.640. The zero-order valence-electron chi connectivity index (χ0n) is 21.2. The van der Waals surface area contributed by atoms with Gasteiger partial charge in [0.25, 0.3) is 5.91 Å². The topological polar surface area (TPSA) is 96.4 Å². The van der Waals surface area contributed by atoms with E-state index in [4.69, 9.17) is 0 Å². The van der Waals surface area contributed by atoms with Gasteiger partial charge in [0, 0.05) is 38.4 Å². The van der Waals surface area contributed by atoms with Crippen LogP contribution in [0.15, 0.2) is 24.3 Å². The van der Waals surface area contributed by atoms with Gasteiger partial charge in [-0.25, -0.2) is 0 Å². The maximum Gasteiger partial charge on any atom is 0.251 e. The first-order valence-electron chi connectivity index (χ1n) is 12.0. The Balaban J connectivity index is 1.74. The number of anilines is 1. The molecule has 9 heteroatoms. The molecule has 3 rings (SSSR count). The molecule has 1 unspecified atom stereocenters. The molecule has 0 aliphatic carbocycles. The molecule has 2 N–H and O–H groups in total. The second-order valence-electron chi connectivity index (χ2n) is 10.3. The Morgan fingerprint density at radius 3 is 2.29 bits per heavy atom. The van der Waals surface area contributed by atoms with Crippen molar-refractivity contribution in [3.63, 3.8) is 0 Å². The molecule has 0 bridgehead atoms. The number of rotatable bonds is 8. The molecule has 4 atom stereocenters. The number of amides is 3. The Labute approximate surface area is 202 Å². The smallest absolute Gasteiger partial charge is 0.251 e. The number of aliphatic hydroxyl groups excluding tert-OH is 1. The molecule has 3 amide bonds. The minimum absolute atomic E-state index is 0.0425. The lowest BCUT2D eigenvalue weighted by molar-refractivity contribution is -0.136. The zero-order chi connectivity index (χ0) is 25.2. The molecular formula is C25H39N5O4. The highest BCUT2D eigenvalue weighted by molar-refractivity contribution is 5.98. The van der Waals surface area contributed by atoms with Crippen molar-refractivity contribution in [2.75, 3.05) is 52.7 Å². The predicted molar refractivity (Wildman–Crippen MR) is 132 cm³/mol. The Hall–Kier alpha value is -2.65. The van der Waals surface area contributed by atoms with Crippen molar-refractivity contribution in [1.29, 1.82) is 0 Å². The van der Waals surface area contributed by atoms with Gasteiger partial charge in [-0.15, -0.1) is 0 Å². The van der Waals surface area contributed by atoms with E-state index in [0.29, 0.717) is 24.9 Å². The number of aliphatic hydroxyl groups is 1. The molecule has 2 saturated heterocycles. The van der Waals surface area contributed by atoms with E-state index in [0.717, 1.165) is 5.69 Å². The van der Waals surface area contributed by atoms with Crippen LogP contribution < -0.4 is 10.2 Å². The first kappa shape index (κ1) is 26.0. The van der Waals surface area contributed by atoms with E-state index in [2.05, 4.69) is 5.32 Å². The summed E-state index contributed by atoms with van der Waals surface area (Å²) in [5.74, 6) is -0.343. The van der Waals surface area contributed by atoms with Gasteiger partial charge < -0.3 is 30.0 Å². The Kier molecular flexibility index (Phi) is 8.20. The van der Waals surface area contributed by atoms with Crippen molar-refractivity contribution in [1.82, 2.24) is 20.0 Å². The summed E-state index contributed by atoms with van der Waals surface area (Å²) in [6.45, 7) is 4.97. The molecule has 0 saturated carbocycles. The van der Waals surface area contributed by atoms with E-state index in [1.807, 2.05) is 59.1 Å². The Morgan fingerprint density at radius 1 is 1.09 bits per heavy atom. The quantitative estimate of drug-likeness (QED) is 0.575. The number of hydrogen-bond donors (Lipinski definition) is 2. The van der Waals surface area contributed by atoms with Gasteiger partial charge >= 0.3 is 0 Å². The van der Waals surface area contributed by atoms with E-state index in [1.54, 1.807) is 26.8 Å². The normalized spacial score (nSPS) is 22.8. The van der Waals surface area contributed by atoms with Crippen LogP contribution in [0.25, 0.3) is 0 Å². The zero-order valence-corrected chi connectivity index (χ0v) is 21.2. The predicted octanol–water partition coefficient (Wildman–Crippen LogP) is 0.631. The molecular weight excluding hydrogens is 434 g/mol. The molecule has 2 heterocycles. The molecule has 2 aliphatic heterocycles. The number of likely N-dealkylation sites (tertiary alicyclic amines) is 2. The number of nitrogens with one attached hydrogen (secondary N) is 1. The van der Waals surface area contributed by atoms with Gasteiger partial charge in [-0.1, -0.05) is 13.8 Å². The second-order valence-corrected chi connectivity index (χ2v) is 10.3. The summed E-state index contributed by atoms with van der Waals surface area (Å²) in [4.78, 5) is 46.4. The lowest BCUT2D eigenvalue weighted by atomic mass is 10.0. The van der Waals surface area contributed by atoms with Crippen LogP contribution in [0.2, 0.25) is 0 Å². The highest BCUT2D eigenvalue weighted by Gasteiger charge is 2.52. The molecule has 0 spiro atoms. The van der Waals surface area contributed by atoms with Gasteiger partial charge in [0.15, 0.2) is 0 Å². The van der Waals surface area contributed by atoms with E-state index in [9.17, 15) is 19.5 Å². The minimum Gasteiger partial charge on any atom is -0.389 e. The van der Waals surface area contributed by atoms with Crippen molar-refractivity contribution in [2.45, 2.75) is 50.9 Å². The van der Waals surface area contributed by atoms with E-state index < -0.39 is 18.2 Å². The van der Waals surface area contributed by atoms with Crippen LogP contribution in [0.4, 0.5) is 5.69 Å². The first-order chi connectivity index (χ1) is 16.0. The molecule has 34 heavy (non-hydrogen) atoms. The third kappa shape index (κ3) is 5.70. The van der Waals surface area contributed by atoms with Crippen molar-refractivity contribution in [3.8, 4) is 0 Å². The number of hydrogen-bond acceptors (Lipinski definition) is 6. The van der Waals surface area contributed by atoms with Crippen molar-refractivity contribution in [3.05, 3.63) is 29.8 Å². The highest BCUT2D eigenvalue weighted by atomic mass is 16.3. The fourth-order valence-corrected chi connectivity index (χ4v) is 5.00. The van der Waals surface area contributed by atoms with Crippen molar-refractivity contribution < 1.29 is 19.5 Å². The number of nitrogens with zero attached hydrogens (tertiary/aromatic N) is 4. The van der Waals surface area contributed by atoms with Crippen LogP contribution in [0, 0.1) is 5.92 Å². The lowest BCUT2D eigenvalue weighted by Gasteiger charge is -2.31. The molecule has 0 radical (unpaired) electrons. The SMILES string of the molecule is CC(C)C[C@H](NC(=O)c1ccc(N(C)C)cc1)C(=O)N1CC[C@@H]2[C@H]1C(O)CN2C(=O)CN(C)C. The summed E-state index contributed by atoms with van der Waals surface area (Å²) in [6.07, 6.45) is 0.325. The summed E-state index contributed by atoms with van der Waals surface area (Å²) in [6, 6.07) is 5.91. The first-order valence-corrected chi connectivity index (χ1v) is 12.0. The van der Waals surface area contributed by atoms with E-state index in [1.165, 1.54) is 0 Å². The van der Waals surface area contributed by atoms with Gasteiger partial charge in [0.2, 0.25) is 11.8 Å². The van der Waals surface area contributed by atoms with Crippen molar-refractivity contribution in [2.24, 2.45) is 5.92 Å². The number of carbonyl (C=O) groups excluding carboxylic acids is 3. The molecule has 188 valence electrons. The molecule has 2 aliphatic rings. The molecule has 1 aromatic rings. The Morgan fingerprint density at radius 2 is 1.74 bits per heavy atom. The summed E-state index contributed by atoms with van der Waals surface area (Å²) >= 11 is 0. The summed E-state index contributed by atoms with van der Waals surface area (Å²) in [5, 5.41) is 13.7. The van der Waals surface area contributed by atoms with E-state index >= 15 is 0 Å². The number of β-amino-alcohol motifs (C(OH)–C–C–N with tert-alkyl or cyclic N) is 1. The molecule has 0 aromatic heterocycles. The third-order valence-electron chi connectivity index (χ3n) is 6.61. The number of benzene rings is 1. The van der Waals surface area contributed by atoms with Crippen LogP contribution in [0.1, 0.15) is 37.0 Å². The summed E-state index contributed by atoms with van der Waals surface area (Å²) in [5.41, 5.74) is 1.48.